The van der Waals surface area contributed by atoms with E-state index < -0.39 is 0 Å². The van der Waals surface area contributed by atoms with E-state index in [0.717, 1.165) is 22.1 Å². The van der Waals surface area contributed by atoms with Gasteiger partial charge in [-0.15, -0.1) is 11.3 Å². The molecule has 0 atom stereocenters. The second-order valence-electron chi connectivity index (χ2n) is 5.95. The molecule has 0 aliphatic rings. The molecule has 0 unspecified atom stereocenters. The lowest BCUT2D eigenvalue weighted by Gasteiger charge is -2.26. The van der Waals surface area contributed by atoms with Gasteiger partial charge in [0.2, 0.25) is 0 Å². The third-order valence-corrected chi connectivity index (χ3v) is 4.72. The van der Waals surface area contributed by atoms with Gasteiger partial charge in [-0.3, -0.25) is 4.90 Å². The van der Waals surface area contributed by atoms with Gasteiger partial charge in [-0.25, -0.2) is 4.98 Å². The van der Waals surface area contributed by atoms with Gasteiger partial charge in [0.05, 0.1) is 18.5 Å². The SMILES string of the molecule is C=C(OC)C(=C)OC(=C)C(=C)C(=C)N(C(=C)C)c1nc(-c2ccccc2)cs1. The number of ether oxygens (including phenoxy) is 2. The minimum Gasteiger partial charge on any atom is -0.493 e. The molecule has 2 aromatic rings. The normalized spacial score (nSPS) is 9.93. The van der Waals surface area contributed by atoms with Crippen LogP contribution in [0.2, 0.25) is 0 Å². The van der Waals surface area contributed by atoms with Crippen LogP contribution in [-0.2, 0) is 9.47 Å². The fourth-order valence-corrected chi connectivity index (χ4v) is 3.22. The molecule has 0 aliphatic carbocycles. The van der Waals surface area contributed by atoms with E-state index in [1.54, 1.807) is 0 Å². The molecule has 0 aliphatic heterocycles. The van der Waals surface area contributed by atoms with E-state index in [4.69, 9.17) is 14.5 Å². The van der Waals surface area contributed by atoms with Gasteiger partial charge in [-0.05, 0) is 6.92 Å². The van der Waals surface area contributed by atoms with Crippen LogP contribution >= 0.6 is 11.3 Å². The predicted molar refractivity (Wildman–Crippen MR) is 119 cm³/mol. The van der Waals surface area contributed by atoms with Gasteiger partial charge >= 0.3 is 0 Å². The van der Waals surface area contributed by atoms with Crippen molar-refractivity contribution < 1.29 is 9.47 Å². The number of methoxy groups -OCH3 is 1. The Morgan fingerprint density at radius 1 is 0.964 bits per heavy atom. The van der Waals surface area contributed by atoms with E-state index in [-0.39, 0.29) is 5.76 Å². The first-order valence-corrected chi connectivity index (χ1v) is 9.28. The Morgan fingerprint density at radius 2 is 1.61 bits per heavy atom. The fraction of sp³-hybridized carbons (Fsp3) is 0.0870. The number of nitrogens with zero attached hydrogens (tertiary/aromatic N) is 2. The number of thiazole rings is 1. The van der Waals surface area contributed by atoms with Crippen molar-refractivity contribution in [1.29, 1.82) is 0 Å². The molecular weight excluding hydrogens is 368 g/mol. The standard InChI is InChI=1S/C23H24N2O2S/c1-15(2)25(17(4)16(3)18(5)27-20(7)19(6)26-8)23-24-22(14-28-23)21-12-10-9-11-13-21/h9-14H,1,3-7H2,2,8H3. The molecule has 0 saturated carbocycles. The second kappa shape index (κ2) is 9.06. The first kappa shape index (κ1) is 21.0. The summed E-state index contributed by atoms with van der Waals surface area (Å²) in [5.74, 6) is 0.854. The molecule has 0 fully saturated rings. The van der Waals surface area contributed by atoms with Crippen molar-refractivity contribution in [3.8, 4) is 11.3 Å². The smallest absolute Gasteiger partial charge is 0.194 e. The van der Waals surface area contributed by atoms with E-state index in [0.29, 0.717) is 22.8 Å². The molecule has 1 aromatic heterocycles. The van der Waals surface area contributed by atoms with Crippen LogP contribution in [0.3, 0.4) is 0 Å². The van der Waals surface area contributed by atoms with Gasteiger partial charge in [0.25, 0.3) is 0 Å². The summed E-state index contributed by atoms with van der Waals surface area (Å²) in [6.07, 6.45) is 0. The molecule has 1 aromatic carbocycles. The molecule has 0 bridgehead atoms. The Hall–Kier alpha value is -3.31. The predicted octanol–water partition coefficient (Wildman–Crippen LogP) is 6.42. The zero-order valence-corrected chi connectivity index (χ0v) is 17.1. The molecule has 28 heavy (non-hydrogen) atoms. The van der Waals surface area contributed by atoms with Crippen molar-refractivity contribution in [3.63, 3.8) is 0 Å². The Labute approximate surface area is 170 Å². The highest BCUT2D eigenvalue weighted by Crippen LogP contribution is 2.34. The van der Waals surface area contributed by atoms with Gasteiger partial charge in [-0.2, -0.15) is 0 Å². The van der Waals surface area contributed by atoms with E-state index in [2.05, 4.69) is 39.5 Å². The lowest BCUT2D eigenvalue weighted by molar-refractivity contribution is 0.234. The molecule has 0 amide bonds. The minimum atomic E-state index is 0.254. The highest BCUT2D eigenvalue weighted by molar-refractivity contribution is 7.14. The van der Waals surface area contributed by atoms with Gasteiger partial charge in [0.15, 0.2) is 16.6 Å². The van der Waals surface area contributed by atoms with Crippen LogP contribution in [0.5, 0.6) is 0 Å². The highest BCUT2D eigenvalue weighted by atomic mass is 32.1. The molecule has 4 nitrogen and oxygen atoms in total. The molecule has 0 radical (unpaired) electrons. The van der Waals surface area contributed by atoms with Crippen molar-refractivity contribution in [2.45, 2.75) is 6.92 Å². The maximum atomic E-state index is 5.58. The molecule has 0 saturated heterocycles. The van der Waals surface area contributed by atoms with Crippen molar-refractivity contribution in [2.24, 2.45) is 0 Å². The fourth-order valence-electron chi connectivity index (χ4n) is 2.29. The second-order valence-corrected chi connectivity index (χ2v) is 6.79. The summed E-state index contributed by atoms with van der Waals surface area (Å²) < 4.78 is 10.6. The highest BCUT2D eigenvalue weighted by Gasteiger charge is 2.20. The molecule has 144 valence electrons. The topological polar surface area (TPSA) is 34.6 Å². The average Bonchev–Trinajstić information content (AvgIpc) is 3.16. The lowest BCUT2D eigenvalue weighted by atomic mass is 10.1. The van der Waals surface area contributed by atoms with Gasteiger partial charge in [-0.1, -0.05) is 69.8 Å². The number of allylic oxidation sites excluding steroid dienone is 1. The van der Waals surface area contributed by atoms with Crippen LogP contribution in [0.25, 0.3) is 11.3 Å². The van der Waals surface area contributed by atoms with Crippen molar-refractivity contribution in [3.05, 3.63) is 109 Å². The number of hydrogen-bond acceptors (Lipinski definition) is 5. The number of anilines is 1. The number of hydrogen-bond donors (Lipinski definition) is 0. The van der Waals surface area contributed by atoms with E-state index in [9.17, 15) is 0 Å². The maximum Gasteiger partial charge on any atom is 0.194 e. The van der Waals surface area contributed by atoms with Crippen molar-refractivity contribution >= 4 is 16.5 Å². The summed E-state index contributed by atoms with van der Waals surface area (Å²) in [7, 11) is 1.49. The van der Waals surface area contributed by atoms with Crippen LogP contribution < -0.4 is 4.90 Å². The summed E-state index contributed by atoms with van der Waals surface area (Å²) in [5.41, 5.74) is 3.71. The summed E-state index contributed by atoms with van der Waals surface area (Å²) in [6, 6.07) is 9.96. The summed E-state index contributed by atoms with van der Waals surface area (Å²) in [6.45, 7) is 25.5. The van der Waals surface area contributed by atoms with Gasteiger partial charge in [0, 0.05) is 22.2 Å². The van der Waals surface area contributed by atoms with Crippen LogP contribution in [-0.4, -0.2) is 12.1 Å². The van der Waals surface area contributed by atoms with Crippen LogP contribution in [0.15, 0.2) is 109 Å². The average molecular weight is 393 g/mol. The lowest BCUT2D eigenvalue weighted by Crippen LogP contribution is -2.21. The third-order valence-electron chi connectivity index (χ3n) is 3.89. The summed E-state index contributed by atoms with van der Waals surface area (Å²) in [5, 5.41) is 2.72. The van der Waals surface area contributed by atoms with Crippen molar-refractivity contribution in [1.82, 2.24) is 4.98 Å². The molecule has 5 heteroatoms. The van der Waals surface area contributed by atoms with E-state index in [1.807, 2.05) is 47.5 Å². The Bertz CT molecular complexity index is 954. The van der Waals surface area contributed by atoms with E-state index in [1.165, 1.54) is 18.4 Å². The zero-order chi connectivity index (χ0) is 20.8. The molecule has 0 spiro atoms. The third kappa shape index (κ3) is 4.69. The summed E-state index contributed by atoms with van der Waals surface area (Å²) in [4.78, 5) is 6.55. The van der Waals surface area contributed by atoms with Crippen LogP contribution in [0.4, 0.5) is 5.13 Å². The monoisotopic (exact) mass is 392 g/mol. The largest absolute Gasteiger partial charge is 0.493 e. The number of benzene rings is 1. The van der Waals surface area contributed by atoms with Gasteiger partial charge in [0.1, 0.15) is 5.76 Å². The number of aromatic nitrogens is 1. The van der Waals surface area contributed by atoms with E-state index >= 15 is 0 Å². The Kier molecular flexibility index (Phi) is 6.79. The summed E-state index contributed by atoms with van der Waals surface area (Å²) >= 11 is 1.49. The maximum absolute atomic E-state index is 5.58. The quantitative estimate of drug-likeness (QED) is 0.345. The Morgan fingerprint density at radius 3 is 2.18 bits per heavy atom. The first-order valence-electron chi connectivity index (χ1n) is 8.40. The Balaban J connectivity index is 2.23. The first-order chi connectivity index (χ1) is 13.3. The zero-order valence-electron chi connectivity index (χ0n) is 16.3. The van der Waals surface area contributed by atoms with Crippen LogP contribution in [0, 0.1) is 0 Å². The molecule has 0 N–H and O–H groups in total. The number of rotatable bonds is 10. The molecule has 2 rings (SSSR count). The van der Waals surface area contributed by atoms with Gasteiger partial charge < -0.3 is 9.47 Å². The van der Waals surface area contributed by atoms with Crippen molar-refractivity contribution in [2.75, 3.05) is 12.0 Å². The molecular formula is C23H24N2O2S. The van der Waals surface area contributed by atoms with Crippen LogP contribution in [0.1, 0.15) is 6.92 Å². The minimum absolute atomic E-state index is 0.254. The molecule has 1 heterocycles.